The van der Waals surface area contributed by atoms with Crippen LogP contribution < -0.4 is 4.90 Å². The number of likely N-dealkylation sites (N-methyl/N-ethyl adjacent to an activating group) is 1. The van der Waals surface area contributed by atoms with E-state index in [0.717, 1.165) is 10.5 Å². The lowest BCUT2D eigenvalue weighted by molar-refractivity contribution is -0.401. The molecule has 0 radical (unpaired) electrons. The molecule has 180 valence electrons. The largest absolute Gasteiger partial charge is 0.347 e. The van der Waals surface area contributed by atoms with Crippen LogP contribution in [-0.2, 0) is 10.8 Å². The molecule has 3 heterocycles. The van der Waals surface area contributed by atoms with Crippen molar-refractivity contribution in [2.45, 2.75) is 38.5 Å². The van der Waals surface area contributed by atoms with E-state index in [-0.39, 0.29) is 10.8 Å². The first-order valence-corrected chi connectivity index (χ1v) is 13.3. The Hall–Kier alpha value is -3.50. The highest BCUT2D eigenvalue weighted by molar-refractivity contribution is 7.21. The zero-order chi connectivity index (χ0) is 25.2. The normalized spacial score (nSPS) is 19.1. The van der Waals surface area contributed by atoms with Crippen molar-refractivity contribution in [3.8, 4) is 10.6 Å². The predicted octanol–water partition coefficient (Wildman–Crippen LogP) is 7.84. The zero-order valence-electron chi connectivity index (χ0n) is 21.8. The summed E-state index contributed by atoms with van der Waals surface area (Å²) in [5.41, 5.74) is 10.0. The lowest BCUT2D eigenvalue weighted by atomic mass is 9.81. The number of benzene rings is 3. The van der Waals surface area contributed by atoms with Crippen LogP contribution >= 0.6 is 11.3 Å². The van der Waals surface area contributed by atoms with Crippen molar-refractivity contribution in [2.24, 2.45) is 0 Å². The van der Waals surface area contributed by atoms with E-state index in [2.05, 4.69) is 136 Å². The summed E-state index contributed by atoms with van der Waals surface area (Å²) >= 11 is 1.76. The summed E-state index contributed by atoms with van der Waals surface area (Å²) in [5, 5.41) is 1.08. The van der Waals surface area contributed by atoms with Crippen molar-refractivity contribution in [2.75, 3.05) is 19.0 Å². The van der Waals surface area contributed by atoms with Crippen LogP contribution in [0.3, 0.4) is 0 Å². The molecule has 0 bridgehead atoms. The van der Waals surface area contributed by atoms with E-state index in [1.807, 2.05) is 0 Å². The molecule has 0 fully saturated rings. The lowest BCUT2D eigenvalue weighted by Gasteiger charge is -2.23. The number of hydrogen-bond donors (Lipinski definition) is 0. The Morgan fingerprint density at radius 2 is 1.64 bits per heavy atom. The van der Waals surface area contributed by atoms with Crippen molar-refractivity contribution in [3.05, 3.63) is 102 Å². The number of nitrogens with zero attached hydrogens (tertiary/aromatic N) is 3. The molecule has 6 rings (SSSR count). The smallest absolute Gasteiger partial charge is 0.209 e. The van der Waals surface area contributed by atoms with Gasteiger partial charge in [-0.25, -0.2) is 4.98 Å². The molecule has 0 spiro atoms. The molecule has 0 amide bonds. The highest BCUT2D eigenvalue weighted by atomic mass is 32.1. The van der Waals surface area contributed by atoms with E-state index in [1.54, 1.807) is 11.3 Å². The van der Waals surface area contributed by atoms with E-state index in [1.165, 1.54) is 44.2 Å². The van der Waals surface area contributed by atoms with Gasteiger partial charge in [-0.15, -0.1) is 11.3 Å². The predicted molar refractivity (Wildman–Crippen MR) is 154 cm³/mol. The Morgan fingerprint density at radius 3 is 2.42 bits per heavy atom. The topological polar surface area (TPSA) is 19.1 Å². The third-order valence-electron chi connectivity index (χ3n) is 8.02. The number of allylic oxidation sites excluding steroid dienone is 4. The molecule has 0 saturated carbocycles. The highest BCUT2D eigenvalue weighted by Gasteiger charge is 2.43. The standard InChI is InChI=1S/C32H32N3S/c1-31(2)22-12-7-9-14-25(22)34(5)28(31)16-11-17-29-32(3,4)23-20-21(18-19-26(23)35(29)6)30-33-24-13-8-10-15-27(24)36-30/h7-20H,1-6H3/q+1. The van der Waals surface area contributed by atoms with Gasteiger partial charge in [-0.3, -0.25) is 0 Å². The minimum absolute atomic E-state index is 0.0213. The Labute approximate surface area is 217 Å². The van der Waals surface area contributed by atoms with E-state index in [4.69, 9.17) is 4.98 Å². The molecule has 2 aliphatic rings. The van der Waals surface area contributed by atoms with E-state index < -0.39 is 0 Å². The van der Waals surface area contributed by atoms with Crippen LogP contribution in [0.1, 0.15) is 38.8 Å². The van der Waals surface area contributed by atoms with E-state index >= 15 is 0 Å². The molecule has 3 aromatic carbocycles. The third-order valence-corrected chi connectivity index (χ3v) is 9.11. The number of aromatic nitrogens is 1. The summed E-state index contributed by atoms with van der Waals surface area (Å²) in [7, 11) is 4.35. The maximum atomic E-state index is 4.90. The molecular formula is C32H32N3S+. The molecule has 2 aliphatic heterocycles. The van der Waals surface area contributed by atoms with Gasteiger partial charge in [-0.2, -0.15) is 4.58 Å². The Bertz CT molecular complexity index is 1580. The summed E-state index contributed by atoms with van der Waals surface area (Å²) in [6, 6.07) is 23.9. The molecule has 0 aliphatic carbocycles. The molecular weight excluding hydrogens is 458 g/mol. The van der Waals surface area contributed by atoms with Crippen LogP contribution in [0.2, 0.25) is 0 Å². The second-order valence-electron chi connectivity index (χ2n) is 10.9. The van der Waals surface area contributed by atoms with Crippen molar-refractivity contribution in [1.82, 2.24) is 4.98 Å². The van der Waals surface area contributed by atoms with Gasteiger partial charge in [-0.1, -0.05) is 50.3 Å². The molecule has 0 unspecified atom stereocenters. The molecule has 36 heavy (non-hydrogen) atoms. The first-order valence-electron chi connectivity index (χ1n) is 12.5. The van der Waals surface area contributed by atoms with Gasteiger partial charge >= 0.3 is 0 Å². The lowest BCUT2D eigenvalue weighted by Crippen LogP contribution is -2.26. The average Bonchev–Trinajstić information content (AvgIpc) is 3.44. The maximum absolute atomic E-state index is 4.90. The summed E-state index contributed by atoms with van der Waals surface area (Å²) < 4.78 is 3.56. The minimum atomic E-state index is -0.105. The van der Waals surface area contributed by atoms with Gasteiger partial charge < -0.3 is 4.90 Å². The first-order chi connectivity index (χ1) is 17.2. The zero-order valence-corrected chi connectivity index (χ0v) is 22.6. The number of fused-ring (bicyclic) bond motifs is 3. The van der Waals surface area contributed by atoms with Crippen LogP contribution in [0.15, 0.2) is 90.7 Å². The van der Waals surface area contributed by atoms with Gasteiger partial charge in [0.15, 0.2) is 5.71 Å². The molecule has 4 heteroatoms. The monoisotopic (exact) mass is 490 g/mol. The van der Waals surface area contributed by atoms with Gasteiger partial charge in [0.1, 0.15) is 12.1 Å². The molecule has 3 nitrogen and oxygen atoms in total. The van der Waals surface area contributed by atoms with Gasteiger partial charge in [0.25, 0.3) is 0 Å². The Kier molecular flexibility index (Phi) is 5.10. The summed E-state index contributed by atoms with van der Waals surface area (Å²) in [6.07, 6.45) is 6.80. The van der Waals surface area contributed by atoms with E-state index in [9.17, 15) is 0 Å². The quantitative estimate of drug-likeness (QED) is 0.273. The average molecular weight is 491 g/mol. The van der Waals surface area contributed by atoms with E-state index in [0.29, 0.717) is 0 Å². The van der Waals surface area contributed by atoms with Crippen LogP contribution in [0, 0.1) is 0 Å². The van der Waals surface area contributed by atoms with Gasteiger partial charge in [0.2, 0.25) is 5.69 Å². The van der Waals surface area contributed by atoms with Crippen molar-refractivity contribution in [3.63, 3.8) is 0 Å². The maximum Gasteiger partial charge on any atom is 0.209 e. The molecule has 4 aromatic rings. The second-order valence-corrected chi connectivity index (χ2v) is 11.9. The SMILES string of the molecule is CN1/C(=C\C=C/C2=[N+](C)c3ccccc3C2(C)C)C(C)(C)c2cc(-c3nc4ccccc4s3)ccc21. The van der Waals surface area contributed by atoms with Gasteiger partial charge in [-0.05, 0) is 55.8 Å². The second kappa shape index (κ2) is 8.01. The number of rotatable bonds is 3. The highest BCUT2D eigenvalue weighted by Crippen LogP contribution is 2.48. The fourth-order valence-electron chi connectivity index (χ4n) is 6.00. The fourth-order valence-corrected chi connectivity index (χ4v) is 6.96. The molecule has 0 N–H and O–H groups in total. The van der Waals surface area contributed by atoms with Crippen molar-refractivity contribution < 1.29 is 4.58 Å². The van der Waals surface area contributed by atoms with Crippen LogP contribution in [0.5, 0.6) is 0 Å². The number of anilines is 1. The van der Waals surface area contributed by atoms with Crippen LogP contribution in [0.25, 0.3) is 20.8 Å². The summed E-state index contributed by atoms with van der Waals surface area (Å²) in [4.78, 5) is 7.24. The Balaban J connectivity index is 1.35. The molecule has 0 atom stereocenters. The summed E-state index contributed by atoms with van der Waals surface area (Å²) in [5.74, 6) is 0. The number of thiazole rings is 1. The third kappa shape index (κ3) is 3.31. The van der Waals surface area contributed by atoms with Gasteiger partial charge in [0.05, 0.1) is 15.6 Å². The molecule has 0 saturated heterocycles. The first kappa shape index (κ1) is 22.9. The minimum Gasteiger partial charge on any atom is -0.347 e. The number of para-hydroxylation sites is 2. The van der Waals surface area contributed by atoms with Crippen molar-refractivity contribution in [1.29, 1.82) is 0 Å². The van der Waals surface area contributed by atoms with Gasteiger partial charge in [0, 0.05) is 47.1 Å². The summed E-state index contributed by atoms with van der Waals surface area (Å²) in [6.45, 7) is 9.28. The number of hydrogen-bond acceptors (Lipinski definition) is 3. The fraction of sp³-hybridized carbons (Fsp3) is 0.250. The van der Waals surface area contributed by atoms with Crippen molar-refractivity contribution >= 4 is 38.6 Å². The Morgan fingerprint density at radius 1 is 0.889 bits per heavy atom. The van der Waals surface area contributed by atoms with Crippen LogP contribution in [0.4, 0.5) is 11.4 Å². The van der Waals surface area contributed by atoms with Crippen LogP contribution in [-0.4, -0.2) is 29.4 Å². The molecule has 1 aromatic heterocycles.